The third-order valence-corrected chi connectivity index (χ3v) is 4.98. The number of amides is 1. The van der Waals surface area contributed by atoms with Crippen molar-refractivity contribution in [2.24, 2.45) is 0 Å². The van der Waals surface area contributed by atoms with Gasteiger partial charge >= 0.3 is 6.61 Å². The van der Waals surface area contributed by atoms with Crippen molar-refractivity contribution in [2.75, 3.05) is 14.2 Å². The summed E-state index contributed by atoms with van der Waals surface area (Å²) >= 11 is 6.07. The van der Waals surface area contributed by atoms with Crippen molar-refractivity contribution < 1.29 is 23.0 Å². The van der Waals surface area contributed by atoms with Crippen LogP contribution in [0.2, 0.25) is 5.02 Å². The van der Waals surface area contributed by atoms with E-state index in [2.05, 4.69) is 4.74 Å². The number of likely N-dealkylation sites (N-methyl/N-ethyl adjacent to an activating group) is 1. The molecule has 7 heteroatoms. The normalized spacial score (nSPS) is 14.7. The Labute approximate surface area is 161 Å². The van der Waals surface area contributed by atoms with E-state index in [0.717, 1.165) is 18.4 Å². The molecule has 0 atom stereocenters. The topological polar surface area (TPSA) is 38.8 Å². The average molecular weight is 396 g/mol. The Balaban J connectivity index is 1.77. The number of nitrogens with zero attached hydrogens (tertiary/aromatic N) is 1. The smallest absolute Gasteiger partial charge is 0.387 e. The predicted molar refractivity (Wildman–Crippen MR) is 98.5 cm³/mol. The number of benzene rings is 2. The maximum absolute atomic E-state index is 13.0. The monoisotopic (exact) mass is 395 g/mol. The van der Waals surface area contributed by atoms with Gasteiger partial charge in [-0.1, -0.05) is 29.8 Å². The molecule has 3 rings (SSSR count). The van der Waals surface area contributed by atoms with Crippen LogP contribution in [-0.4, -0.2) is 31.6 Å². The van der Waals surface area contributed by atoms with Crippen molar-refractivity contribution in [1.29, 1.82) is 0 Å². The molecule has 2 aromatic carbocycles. The van der Waals surface area contributed by atoms with Gasteiger partial charge in [-0.3, -0.25) is 4.79 Å². The minimum atomic E-state index is -2.95. The summed E-state index contributed by atoms with van der Waals surface area (Å²) in [7, 11) is 3.08. The highest BCUT2D eigenvalue weighted by atomic mass is 35.5. The highest BCUT2D eigenvalue weighted by Crippen LogP contribution is 2.50. The standard InChI is InChI=1S/C20H20ClF2NO3/c1-24(12-13-6-7-16(26-2)17(10-13)27-19(22)23)18(25)20(8-9-20)14-4-3-5-15(21)11-14/h3-7,10-11,19H,8-9,12H2,1-2H3. The Bertz CT molecular complexity index is 840. The molecule has 0 aliphatic heterocycles. The number of hydrogen-bond donors (Lipinski definition) is 0. The second-order valence-electron chi connectivity index (χ2n) is 6.62. The molecule has 1 saturated carbocycles. The van der Waals surface area contributed by atoms with Gasteiger partial charge in [0, 0.05) is 18.6 Å². The van der Waals surface area contributed by atoms with E-state index < -0.39 is 12.0 Å². The zero-order chi connectivity index (χ0) is 19.6. The molecule has 1 amide bonds. The van der Waals surface area contributed by atoms with Crippen LogP contribution < -0.4 is 9.47 Å². The quantitative estimate of drug-likeness (QED) is 0.685. The first-order valence-corrected chi connectivity index (χ1v) is 8.87. The Morgan fingerprint density at radius 2 is 1.96 bits per heavy atom. The molecule has 0 N–H and O–H groups in total. The molecule has 0 radical (unpaired) electrons. The van der Waals surface area contributed by atoms with E-state index in [1.165, 1.54) is 13.2 Å². The second-order valence-corrected chi connectivity index (χ2v) is 7.05. The van der Waals surface area contributed by atoms with E-state index in [0.29, 0.717) is 10.6 Å². The maximum Gasteiger partial charge on any atom is 0.387 e. The summed E-state index contributed by atoms with van der Waals surface area (Å²) in [6.45, 7) is -2.68. The van der Waals surface area contributed by atoms with Gasteiger partial charge in [0.1, 0.15) is 0 Å². The number of halogens is 3. The van der Waals surface area contributed by atoms with Gasteiger partial charge < -0.3 is 14.4 Å². The first-order chi connectivity index (χ1) is 12.9. The van der Waals surface area contributed by atoms with Gasteiger partial charge in [0.2, 0.25) is 5.91 Å². The molecule has 0 unspecified atom stereocenters. The van der Waals surface area contributed by atoms with Gasteiger partial charge in [0.15, 0.2) is 11.5 Å². The van der Waals surface area contributed by atoms with Crippen molar-refractivity contribution in [3.05, 3.63) is 58.6 Å². The number of carbonyl (C=O) groups is 1. The zero-order valence-electron chi connectivity index (χ0n) is 15.0. The first kappa shape index (κ1) is 19.4. The van der Waals surface area contributed by atoms with Gasteiger partial charge in [0.05, 0.1) is 12.5 Å². The Morgan fingerprint density at radius 1 is 1.22 bits per heavy atom. The molecule has 144 valence electrons. The fraction of sp³-hybridized carbons (Fsp3) is 0.350. The fourth-order valence-electron chi connectivity index (χ4n) is 3.26. The molecule has 0 heterocycles. The lowest BCUT2D eigenvalue weighted by molar-refractivity contribution is -0.133. The predicted octanol–water partition coefficient (Wildman–Crippen LogP) is 4.64. The molecule has 0 spiro atoms. The van der Waals surface area contributed by atoms with Gasteiger partial charge in [-0.05, 0) is 48.2 Å². The summed E-state index contributed by atoms with van der Waals surface area (Å²) in [6, 6.07) is 12.1. The van der Waals surface area contributed by atoms with Crippen LogP contribution in [0.25, 0.3) is 0 Å². The Morgan fingerprint density at radius 3 is 2.56 bits per heavy atom. The molecule has 0 saturated heterocycles. The van der Waals surface area contributed by atoms with Crippen LogP contribution in [0.1, 0.15) is 24.0 Å². The molecule has 0 aromatic heterocycles. The fourth-order valence-corrected chi connectivity index (χ4v) is 3.45. The van der Waals surface area contributed by atoms with Crippen molar-refractivity contribution in [3.8, 4) is 11.5 Å². The van der Waals surface area contributed by atoms with Crippen molar-refractivity contribution in [2.45, 2.75) is 31.4 Å². The van der Waals surface area contributed by atoms with Crippen LogP contribution >= 0.6 is 11.6 Å². The second kappa shape index (κ2) is 7.72. The molecule has 1 aliphatic rings. The lowest BCUT2D eigenvalue weighted by Gasteiger charge is -2.24. The molecule has 2 aromatic rings. The first-order valence-electron chi connectivity index (χ1n) is 8.49. The summed E-state index contributed by atoms with van der Waals surface area (Å²) in [5.41, 5.74) is 1.03. The summed E-state index contributed by atoms with van der Waals surface area (Å²) in [5, 5.41) is 0.596. The molecule has 27 heavy (non-hydrogen) atoms. The minimum Gasteiger partial charge on any atom is -0.493 e. The number of rotatable bonds is 7. The number of methoxy groups -OCH3 is 1. The van der Waals surface area contributed by atoms with E-state index in [1.807, 2.05) is 18.2 Å². The lowest BCUT2D eigenvalue weighted by Crippen LogP contribution is -2.36. The number of alkyl halides is 2. The van der Waals surface area contributed by atoms with E-state index >= 15 is 0 Å². The van der Waals surface area contributed by atoms with Gasteiger partial charge in [-0.2, -0.15) is 8.78 Å². The van der Waals surface area contributed by atoms with Crippen LogP contribution in [0.4, 0.5) is 8.78 Å². The third kappa shape index (κ3) is 4.16. The molecule has 4 nitrogen and oxygen atoms in total. The van der Waals surface area contributed by atoms with Crippen molar-refractivity contribution in [1.82, 2.24) is 4.90 Å². The molecule has 1 aliphatic carbocycles. The SMILES string of the molecule is COc1ccc(CN(C)C(=O)C2(c3cccc(Cl)c3)CC2)cc1OC(F)F. The molecular formula is C20H20ClF2NO3. The van der Waals surface area contributed by atoms with Crippen molar-refractivity contribution >= 4 is 17.5 Å². The Hall–Kier alpha value is -2.34. The average Bonchev–Trinajstić information content (AvgIpc) is 3.43. The van der Waals surface area contributed by atoms with Gasteiger partial charge in [0.25, 0.3) is 0 Å². The van der Waals surface area contributed by atoms with Crippen LogP contribution in [-0.2, 0) is 16.8 Å². The summed E-state index contributed by atoms with van der Waals surface area (Å²) in [6.07, 6.45) is 1.53. The highest BCUT2D eigenvalue weighted by molar-refractivity contribution is 6.30. The van der Waals surface area contributed by atoms with Crippen LogP contribution in [0.5, 0.6) is 11.5 Å². The number of hydrogen-bond acceptors (Lipinski definition) is 3. The molecule has 0 bridgehead atoms. The maximum atomic E-state index is 13.0. The number of carbonyl (C=O) groups excluding carboxylic acids is 1. The molecule has 1 fully saturated rings. The summed E-state index contributed by atoms with van der Waals surface area (Å²) in [5.74, 6) is 0.143. The van der Waals surface area contributed by atoms with E-state index in [4.69, 9.17) is 16.3 Å². The number of ether oxygens (including phenoxy) is 2. The van der Waals surface area contributed by atoms with Gasteiger partial charge in [-0.25, -0.2) is 0 Å². The van der Waals surface area contributed by atoms with Crippen LogP contribution in [0, 0.1) is 0 Å². The largest absolute Gasteiger partial charge is 0.493 e. The van der Waals surface area contributed by atoms with E-state index in [9.17, 15) is 13.6 Å². The van der Waals surface area contributed by atoms with E-state index in [1.54, 1.807) is 30.1 Å². The van der Waals surface area contributed by atoms with Crippen LogP contribution in [0.15, 0.2) is 42.5 Å². The minimum absolute atomic E-state index is 0.0167. The van der Waals surface area contributed by atoms with Gasteiger partial charge in [-0.15, -0.1) is 0 Å². The van der Waals surface area contributed by atoms with E-state index in [-0.39, 0.29) is 24.0 Å². The zero-order valence-corrected chi connectivity index (χ0v) is 15.8. The highest BCUT2D eigenvalue weighted by Gasteiger charge is 2.52. The van der Waals surface area contributed by atoms with Crippen molar-refractivity contribution in [3.63, 3.8) is 0 Å². The summed E-state index contributed by atoms with van der Waals surface area (Å²) in [4.78, 5) is 14.6. The van der Waals surface area contributed by atoms with Crippen LogP contribution in [0.3, 0.4) is 0 Å². The third-order valence-electron chi connectivity index (χ3n) is 4.75. The Kier molecular flexibility index (Phi) is 5.56. The summed E-state index contributed by atoms with van der Waals surface area (Å²) < 4.78 is 34.7. The molecular weight excluding hydrogens is 376 g/mol. The lowest BCUT2D eigenvalue weighted by atomic mass is 9.94.